The van der Waals surface area contributed by atoms with Gasteiger partial charge >= 0.3 is 0 Å². The summed E-state index contributed by atoms with van der Waals surface area (Å²) in [5, 5.41) is 0. The van der Waals surface area contributed by atoms with Crippen LogP contribution in [0.5, 0.6) is 0 Å². The minimum Gasteiger partial charge on any atom is -0.337 e. The minimum absolute atomic E-state index is 1.10. The SMILES string of the molecule is CCCN(CCC)CCCCn1ccnc1. The van der Waals surface area contributed by atoms with Crippen LogP contribution >= 0.6 is 0 Å². The fourth-order valence-electron chi connectivity index (χ4n) is 2.02. The Morgan fingerprint density at radius 2 is 1.81 bits per heavy atom. The van der Waals surface area contributed by atoms with Crippen molar-refractivity contribution in [2.24, 2.45) is 0 Å². The molecule has 0 saturated carbocycles. The second kappa shape index (κ2) is 8.34. The Morgan fingerprint density at radius 3 is 2.38 bits per heavy atom. The third-order valence-corrected chi connectivity index (χ3v) is 2.78. The third kappa shape index (κ3) is 5.31. The van der Waals surface area contributed by atoms with E-state index >= 15 is 0 Å². The highest BCUT2D eigenvalue weighted by Gasteiger charge is 2.01. The molecule has 0 aliphatic rings. The molecule has 0 aliphatic carbocycles. The highest BCUT2D eigenvalue weighted by molar-refractivity contribution is 4.73. The first kappa shape index (κ1) is 13.2. The third-order valence-electron chi connectivity index (χ3n) is 2.78. The highest BCUT2D eigenvalue weighted by atomic mass is 15.1. The lowest BCUT2D eigenvalue weighted by Gasteiger charge is -2.20. The summed E-state index contributed by atoms with van der Waals surface area (Å²) in [6, 6.07) is 0. The van der Waals surface area contributed by atoms with Crippen molar-refractivity contribution in [3.63, 3.8) is 0 Å². The molecule has 0 amide bonds. The van der Waals surface area contributed by atoms with Gasteiger partial charge in [0.15, 0.2) is 0 Å². The molecule has 0 saturated heterocycles. The molecule has 0 spiro atoms. The molecule has 16 heavy (non-hydrogen) atoms. The normalized spacial score (nSPS) is 11.2. The Morgan fingerprint density at radius 1 is 1.06 bits per heavy atom. The van der Waals surface area contributed by atoms with E-state index in [4.69, 9.17) is 0 Å². The molecular weight excluding hydrogens is 198 g/mol. The standard InChI is InChI=1S/C13H25N3/c1-3-8-15(9-4-2)10-5-6-11-16-12-7-14-13-16/h7,12-13H,3-6,8-11H2,1-2H3. The van der Waals surface area contributed by atoms with E-state index in [0.29, 0.717) is 0 Å². The van der Waals surface area contributed by atoms with Gasteiger partial charge in [-0.25, -0.2) is 4.98 Å². The summed E-state index contributed by atoms with van der Waals surface area (Å²) < 4.78 is 2.16. The zero-order chi connectivity index (χ0) is 11.6. The average molecular weight is 223 g/mol. The summed E-state index contributed by atoms with van der Waals surface area (Å²) in [4.78, 5) is 6.62. The first-order valence-corrected chi connectivity index (χ1v) is 6.55. The monoisotopic (exact) mass is 223 g/mol. The van der Waals surface area contributed by atoms with Crippen molar-refractivity contribution < 1.29 is 0 Å². The second-order valence-corrected chi connectivity index (χ2v) is 4.35. The summed E-state index contributed by atoms with van der Waals surface area (Å²) in [6.07, 6.45) is 10.9. The van der Waals surface area contributed by atoms with E-state index in [-0.39, 0.29) is 0 Å². The summed E-state index contributed by atoms with van der Waals surface area (Å²) >= 11 is 0. The number of imidazole rings is 1. The van der Waals surface area contributed by atoms with Crippen LogP contribution in [0.15, 0.2) is 18.7 Å². The Hall–Kier alpha value is -0.830. The Balaban J connectivity index is 2.08. The van der Waals surface area contributed by atoms with E-state index in [1.807, 2.05) is 18.7 Å². The maximum absolute atomic E-state index is 4.05. The molecule has 0 unspecified atom stereocenters. The Labute approximate surface area is 99.5 Å². The van der Waals surface area contributed by atoms with Crippen LogP contribution in [0.3, 0.4) is 0 Å². The van der Waals surface area contributed by atoms with Crippen LogP contribution in [0.2, 0.25) is 0 Å². The molecule has 0 N–H and O–H groups in total. The summed E-state index contributed by atoms with van der Waals surface area (Å²) in [6.45, 7) is 9.36. The number of aromatic nitrogens is 2. The fourth-order valence-corrected chi connectivity index (χ4v) is 2.02. The molecule has 3 nitrogen and oxygen atoms in total. The number of aryl methyl sites for hydroxylation is 1. The van der Waals surface area contributed by atoms with Gasteiger partial charge in [-0.2, -0.15) is 0 Å². The molecule has 1 rings (SSSR count). The van der Waals surface area contributed by atoms with Gasteiger partial charge in [-0.15, -0.1) is 0 Å². The molecule has 0 radical (unpaired) electrons. The van der Waals surface area contributed by atoms with Gasteiger partial charge in [-0.3, -0.25) is 0 Å². The topological polar surface area (TPSA) is 21.1 Å². The zero-order valence-electron chi connectivity index (χ0n) is 10.7. The number of hydrogen-bond acceptors (Lipinski definition) is 2. The van der Waals surface area contributed by atoms with Crippen molar-refractivity contribution in [1.29, 1.82) is 0 Å². The van der Waals surface area contributed by atoms with Gasteiger partial charge in [0.05, 0.1) is 6.33 Å². The largest absolute Gasteiger partial charge is 0.337 e. The maximum Gasteiger partial charge on any atom is 0.0945 e. The Kier molecular flexibility index (Phi) is 6.90. The lowest BCUT2D eigenvalue weighted by atomic mass is 10.2. The van der Waals surface area contributed by atoms with Gasteiger partial charge in [0.2, 0.25) is 0 Å². The van der Waals surface area contributed by atoms with Gasteiger partial charge < -0.3 is 9.47 Å². The average Bonchev–Trinajstić information content (AvgIpc) is 2.78. The number of unbranched alkanes of at least 4 members (excludes halogenated alkanes) is 1. The van der Waals surface area contributed by atoms with Crippen LogP contribution in [-0.2, 0) is 6.54 Å². The van der Waals surface area contributed by atoms with Crippen molar-refractivity contribution >= 4 is 0 Å². The summed E-state index contributed by atoms with van der Waals surface area (Å²) in [5.74, 6) is 0. The van der Waals surface area contributed by atoms with Gasteiger partial charge in [-0.1, -0.05) is 13.8 Å². The van der Waals surface area contributed by atoms with Crippen molar-refractivity contribution in [2.45, 2.75) is 46.1 Å². The predicted octanol–water partition coefficient (Wildman–Crippen LogP) is 2.79. The molecule has 0 aromatic carbocycles. The molecule has 1 aromatic heterocycles. The van der Waals surface area contributed by atoms with E-state index in [9.17, 15) is 0 Å². The van der Waals surface area contributed by atoms with Crippen molar-refractivity contribution in [3.8, 4) is 0 Å². The van der Waals surface area contributed by atoms with Gasteiger partial charge in [-0.05, 0) is 45.3 Å². The molecule has 1 aromatic rings. The lowest BCUT2D eigenvalue weighted by molar-refractivity contribution is 0.267. The van der Waals surface area contributed by atoms with Crippen molar-refractivity contribution in [3.05, 3.63) is 18.7 Å². The molecule has 3 heteroatoms. The molecule has 1 heterocycles. The van der Waals surface area contributed by atoms with E-state index < -0.39 is 0 Å². The van der Waals surface area contributed by atoms with Crippen LogP contribution in [0, 0.1) is 0 Å². The van der Waals surface area contributed by atoms with Gasteiger partial charge in [0.25, 0.3) is 0 Å². The fraction of sp³-hybridized carbons (Fsp3) is 0.769. The predicted molar refractivity (Wildman–Crippen MR) is 68.5 cm³/mol. The van der Waals surface area contributed by atoms with E-state index in [0.717, 1.165) is 6.54 Å². The summed E-state index contributed by atoms with van der Waals surface area (Å²) in [5.41, 5.74) is 0. The van der Waals surface area contributed by atoms with E-state index in [2.05, 4.69) is 28.3 Å². The van der Waals surface area contributed by atoms with Crippen LogP contribution in [-0.4, -0.2) is 34.1 Å². The van der Waals surface area contributed by atoms with Gasteiger partial charge in [0, 0.05) is 18.9 Å². The van der Waals surface area contributed by atoms with E-state index in [1.54, 1.807) is 0 Å². The number of hydrogen-bond donors (Lipinski definition) is 0. The minimum atomic E-state index is 1.10. The molecular formula is C13H25N3. The van der Waals surface area contributed by atoms with Gasteiger partial charge in [0.1, 0.15) is 0 Å². The lowest BCUT2D eigenvalue weighted by Crippen LogP contribution is -2.26. The van der Waals surface area contributed by atoms with E-state index in [1.165, 1.54) is 45.3 Å². The Bertz CT molecular complexity index is 238. The number of rotatable bonds is 9. The summed E-state index contributed by atoms with van der Waals surface area (Å²) in [7, 11) is 0. The first-order valence-electron chi connectivity index (χ1n) is 6.55. The quantitative estimate of drug-likeness (QED) is 0.600. The highest BCUT2D eigenvalue weighted by Crippen LogP contribution is 2.00. The van der Waals surface area contributed by atoms with Crippen LogP contribution in [0.25, 0.3) is 0 Å². The number of nitrogens with zero attached hydrogens (tertiary/aromatic N) is 3. The van der Waals surface area contributed by atoms with Crippen molar-refractivity contribution in [1.82, 2.24) is 14.5 Å². The molecule has 0 fully saturated rings. The first-order chi connectivity index (χ1) is 7.86. The smallest absolute Gasteiger partial charge is 0.0945 e. The second-order valence-electron chi connectivity index (χ2n) is 4.35. The van der Waals surface area contributed by atoms with Crippen LogP contribution in [0.1, 0.15) is 39.5 Å². The maximum atomic E-state index is 4.05. The molecule has 92 valence electrons. The van der Waals surface area contributed by atoms with Crippen LogP contribution in [0.4, 0.5) is 0 Å². The zero-order valence-corrected chi connectivity index (χ0v) is 10.7. The molecule has 0 aliphatic heterocycles. The van der Waals surface area contributed by atoms with Crippen LogP contribution < -0.4 is 0 Å². The molecule has 0 atom stereocenters. The van der Waals surface area contributed by atoms with Crippen molar-refractivity contribution in [2.75, 3.05) is 19.6 Å². The molecule has 0 bridgehead atoms.